The smallest absolute Gasteiger partial charge is 0.0558 e. The molecule has 0 unspecified atom stereocenters. The standard InChI is InChI=1S/C15H33NO2/c1-2-3-4-8-11-16(13-15-18)12-9-6-5-7-10-14-17/h17-18H,2-15H2,1H3. The van der Waals surface area contributed by atoms with E-state index >= 15 is 0 Å². The van der Waals surface area contributed by atoms with Crippen LogP contribution in [0.2, 0.25) is 0 Å². The largest absolute Gasteiger partial charge is 0.396 e. The highest BCUT2D eigenvalue weighted by atomic mass is 16.3. The van der Waals surface area contributed by atoms with Crippen LogP contribution in [-0.2, 0) is 0 Å². The van der Waals surface area contributed by atoms with Gasteiger partial charge in [0.25, 0.3) is 0 Å². The average molecular weight is 259 g/mol. The molecule has 2 N–H and O–H groups in total. The zero-order chi connectivity index (χ0) is 13.5. The first-order chi connectivity index (χ1) is 8.85. The van der Waals surface area contributed by atoms with Gasteiger partial charge >= 0.3 is 0 Å². The Morgan fingerprint density at radius 1 is 0.611 bits per heavy atom. The number of hydrogen-bond acceptors (Lipinski definition) is 3. The third-order valence-corrected chi connectivity index (χ3v) is 3.38. The molecule has 0 saturated carbocycles. The molecule has 0 rings (SSSR count). The summed E-state index contributed by atoms with van der Waals surface area (Å²) in [6.07, 6.45) is 11.0. The van der Waals surface area contributed by atoms with Crippen LogP contribution in [0.25, 0.3) is 0 Å². The van der Waals surface area contributed by atoms with Gasteiger partial charge in [-0.1, -0.05) is 45.4 Å². The summed E-state index contributed by atoms with van der Waals surface area (Å²) in [5.74, 6) is 0. The predicted octanol–water partition coefficient (Wildman–Crippen LogP) is 2.80. The van der Waals surface area contributed by atoms with Crippen molar-refractivity contribution in [1.29, 1.82) is 0 Å². The lowest BCUT2D eigenvalue weighted by Crippen LogP contribution is -2.29. The molecule has 0 aliphatic carbocycles. The fourth-order valence-corrected chi connectivity index (χ4v) is 2.22. The molecule has 0 aromatic heterocycles. The molecule has 0 saturated heterocycles. The predicted molar refractivity (Wildman–Crippen MR) is 77.8 cm³/mol. The Balaban J connectivity index is 3.44. The van der Waals surface area contributed by atoms with E-state index in [9.17, 15) is 0 Å². The Kier molecular flexibility index (Phi) is 14.8. The first-order valence-electron chi connectivity index (χ1n) is 7.79. The molecule has 0 aromatic rings. The normalized spacial score (nSPS) is 11.3. The van der Waals surface area contributed by atoms with Crippen LogP contribution >= 0.6 is 0 Å². The maximum absolute atomic E-state index is 9.04. The van der Waals surface area contributed by atoms with Crippen molar-refractivity contribution in [3.63, 3.8) is 0 Å². The minimum absolute atomic E-state index is 0.276. The Bertz CT molecular complexity index is 153. The van der Waals surface area contributed by atoms with Crippen molar-refractivity contribution >= 4 is 0 Å². The maximum atomic E-state index is 9.04. The molecule has 0 heterocycles. The molecule has 0 aliphatic heterocycles. The van der Waals surface area contributed by atoms with E-state index in [1.54, 1.807) is 0 Å². The van der Waals surface area contributed by atoms with E-state index in [1.165, 1.54) is 44.9 Å². The second kappa shape index (κ2) is 14.9. The SMILES string of the molecule is CCCCCCN(CCO)CCCCCCCO. The van der Waals surface area contributed by atoms with Crippen LogP contribution in [0.3, 0.4) is 0 Å². The third-order valence-electron chi connectivity index (χ3n) is 3.38. The van der Waals surface area contributed by atoms with Gasteiger partial charge in [-0.05, 0) is 32.4 Å². The van der Waals surface area contributed by atoms with Crippen LogP contribution in [-0.4, -0.2) is 48.0 Å². The second-order valence-corrected chi connectivity index (χ2v) is 5.12. The van der Waals surface area contributed by atoms with Crippen molar-refractivity contribution in [3.05, 3.63) is 0 Å². The first-order valence-corrected chi connectivity index (χ1v) is 7.79. The van der Waals surface area contributed by atoms with Crippen LogP contribution in [0.15, 0.2) is 0 Å². The molecule has 0 fully saturated rings. The van der Waals surface area contributed by atoms with Crippen molar-refractivity contribution in [3.8, 4) is 0 Å². The van der Waals surface area contributed by atoms with Crippen molar-refractivity contribution in [1.82, 2.24) is 4.90 Å². The van der Waals surface area contributed by atoms with E-state index in [2.05, 4.69) is 11.8 Å². The third kappa shape index (κ3) is 12.3. The van der Waals surface area contributed by atoms with Gasteiger partial charge in [-0.3, -0.25) is 0 Å². The van der Waals surface area contributed by atoms with Crippen molar-refractivity contribution in [2.24, 2.45) is 0 Å². The number of hydrogen-bond donors (Lipinski definition) is 2. The Morgan fingerprint density at radius 3 is 1.72 bits per heavy atom. The van der Waals surface area contributed by atoms with E-state index in [1.807, 2.05) is 0 Å². The van der Waals surface area contributed by atoms with Gasteiger partial charge in [0.2, 0.25) is 0 Å². The molecule has 110 valence electrons. The number of aliphatic hydroxyl groups is 2. The highest BCUT2D eigenvalue weighted by Crippen LogP contribution is 2.06. The second-order valence-electron chi connectivity index (χ2n) is 5.12. The van der Waals surface area contributed by atoms with Gasteiger partial charge in [0, 0.05) is 13.2 Å². The Morgan fingerprint density at radius 2 is 1.17 bits per heavy atom. The fraction of sp³-hybridized carbons (Fsp3) is 1.00. The number of aliphatic hydroxyl groups excluding tert-OH is 2. The lowest BCUT2D eigenvalue weighted by atomic mass is 10.1. The van der Waals surface area contributed by atoms with Crippen LogP contribution in [0.1, 0.15) is 64.7 Å². The number of nitrogens with zero attached hydrogens (tertiary/aromatic N) is 1. The molecule has 0 aliphatic rings. The van der Waals surface area contributed by atoms with Gasteiger partial charge < -0.3 is 15.1 Å². The summed E-state index contributed by atoms with van der Waals surface area (Å²) >= 11 is 0. The van der Waals surface area contributed by atoms with E-state index in [4.69, 9.17) is 10.2 Å². The monoisotopic (exact) mass is 259 g/mol. The van der Waals surface area contributed by atoms with Gasteiger partial charge in [-0.2, -0.15) is 0 Å². The highest BCUT2D eigenvalue weighted by molar-refractivity contribution is 4.58. The van der Waals surface area contributed by atoms with Gasteiger partial charge in [0.15, 0.2) is 0 Å². The molecule has 0 bridgehead atoms. The fourth-order valence-electron chi connectivity index (χ4n) is 2.22. The minimum atomic E-state index is 0.276. The van der Waals surface area contributed by atoms with Gasteiger partial charge in [-0.25, -0.2) is 0 Å². The van der Waals surface area contributed by atoms with E-state index in [0.29, 0.717) is 6.61 Å². The molecule has 0 aromatic carbocycles. The molecular weight excluding hydrogens is 226 g/mol. The van der Waals surface area contributed by atoms with Crippen LogP contribution in [0, 0.1) is 0 Å². The lowest BCUT2D eigenvalue weighted by molar-refractivity contribution is 0.190. The molecular formula is C15H33NO2. The molecule has 0 amide bonds. The average Bonchev–Trinajstić information content (AvgIpc) is 2.38. The summed E-state index contributed by atoms with van der Waals surface area (Å²) in [5, 5.41) is 17.7. The zero-order valence-electron chi connectivity index (χ0n) is 12.2. The molecule has 3 nitrogen and oxygen atoms in total. The van der Waals surface area contributed by atoms with Crippen LogP contribution in [0.4, 0.5) is 0 Å². The first kappa shape index (κ1) is 17.9. The van der Waals surface area contributed by atoms with E-state index in [0.717, 1.165) is 32.5 Å². The number of rotatable bonds is 14. The van der Waals surface area contributed by atoms with Gasteiger partial charge in [-0.15, -0.1) is 0 Å². The highest BCUT2D eigenvalue weighted by Gasteiger charge is 2.03. The molecule has 0 radical (unpaired) electrons. The maximum Gasteiger partial charge on any atom is 0.0558 e. The van der Waals surface area contributed by atoms with Gasteiger partial charge in [0.05, 0.1) is 6.61 Å². The summed E-state index contributed by atoms with van der Waals surface area (Å²) < 4.78 is 0. The molecule has 0 spiro atoms. The summed E-state index contributed by atoms with van der Waals surface area (Å²) in [6, 6.07) is 0. The Hall–Kier alpha value is -0.120. The summed E-state index contributed by atoms with van der Waals surface area (Å²) in [5.41, 5.74) is 0. The quantitative estimate of drug-likeness (QED) is 0.471. The molecule has 3 heteroatoms. The van der Waals surface area contributed by atoms with Crippen molar-refractivity contribution in [2.45, 2.75) is 64.7 Å². The summed E-state index contributed by atoms with van der Waals surface area (Å²) in [7, 11) is 0. The Labute approximate surface area is 113 Å². The van der Waals surface area contributed by atoms with E-state index in [-0.39, 0.29) is 6.61 Å². The van der Waals surface area contributed by atoms with Crippen molar-refractivity contribution in [2.75, 3.05) is 32.8 Å². The zero-order valence-corrected chi connectivity index (χ0v) is 12.2. The van der Waals surface area contributed by atoms with Crippen LogP contribution < -0.4 is 0 Å². The number of unbranched alkanes of at least 4 members (excludes halogenated alkanes) is 7. The van der Waals surface area contributed by atoms with E-state index < -0.39 is 0 Å². The molecule has 0 atom stereocenters. The molecule has 18 heavy (non-hydrogen) atoms. The van der Waals surface area contributed by atoms with Crippen molar-refractivity contribution < 1.29 is 10.2 Å². The summed E-state index contributed by atoms with van der Waals surface area (Å²) in [6.45, 7) is 5.91. The van der Waals surface area contributed by atoms with Crippen LogP contribution in [0.5, 0.6) is 0 Å². The van der Waals surface area contributed by atoms with Gasteiger partial charge in [0.1, 0.15) is 0 Å². The topological polar surface area (TPSA) is 43.7 Å². The minimum Gasteiger partial charge on any atom is -0.396 e. The lowest BCUT2D eigenvalue weighted by Gasteiger charge is -2.21. The summed E-state index contributed by atoms with van der Waals surface area (Å²) in [4.78, 5) is 2.39.